The first-order chi connectivity index (χ1) is 21.4. The highest BCUT2D eigenvalue weighted by molar-refractivity contribution is 5.96. The third kappa shape index (κ3) is 7.79. The molecule has 1 fully saturated rings. The minimum Gasteiger partial charge on any atom is -0.504 e. The number of carbonyl (C=O) groups excluding carboxylic acids is 1. The van der Waals surface area contributed by atoms with Crippen LogP contribution in [0.1, 0.15) is 27.6 Å². The Labute approximate surface area is 256 Å². The topological polar surface area (TPSA) is 273 Å². The van der Waals surface area contributed by atoms with Gasteiger partial charge >= 0.3 is 11.9 Å². The van der Waals surface area contributed by atoms with Crippen LogP contribution in [-0.4, -0.2) is 120 Å². The van der Waals surface area contributed by atoms with E-state index in [1.807, 2.05) is 0 Å². The van der Waals surface area contributed by atoms with Gasteiger partial charge in [-0.1, -0.05) is 0 Å². The molecule has 0 bridgehead atoms. The Kier molecular flexibility index (Phi) is 11.7. The van der Waals surface area contributed by atoms with E-state index < -0.39 is 72.1 Å². The number of anilines is 1. The summed E-state index contributed by atoms with van der Waals surface area (Å²) >= 11 is 0. The number of esters is 1. The Balaban J connectivity index is 1.86. The van der Waals surface area contributed by atoms with Crippen molar-refractivity contribution in [2.45, 2.75) is 37.6 Å². The van der Waals surface area contributed by atoms with Crippen molar-refractivity contribution in [3.05, 3.63) is 29.3 Å². The molecule has 3 rings (SSSR count). The van der Waals surface area contributed by atoms with Gasteiger partial charge in [-0.3, -0.25) is 4.99 Å². The summed E-state index contributed by atoms with van der Waals surface area (Å²) in [6, 6.07) is 3.43. The molecule has 1 aliphatic heterocycles. The summed E-state index contributed by atoms with van der Waals surface area (Å²) in [5.74, 6) is -4.64. The highest BCUT2D eigenvalue weighted by Gasteiger charge is 2.46. The lowest BCUT2D eigenvalue weighted by Gasteiger charge is -2.40. The van der Waals surface area contributed by atoms with Crippen molar-refractivity contribution < 1.29 is 68.6 Å². The van der Waals surface area contributed by atoms with E-state index in [0.29, 0.717) is 6.54 Å². The number of hydrogen-bond acceptors (Lipinski definition) is 15. The number of guanidine groups is 1. The Bertz CT molecular complexity index is 1400. The first kappa shape index (κ1) is 34.6. The molecule has 2 aromatic rings. The quantitative estimate of drug-likeness (QED) is 0.0558. The Morgan fingerprint density at radius 3 is 2.27 bits per heavy atom. The molecule has 0 radical (unpaired) electrons. The maximum atomic E-state index is 12.8. The van der Waals surface area contributed by atoms with Gasteiger partial charge in [-0.15, -0.1) is 0 Å². The molecule has 1 heterocycles. The first-order valence-corrected chi connectivity index (χ1v) is 13.3. The molecule has 0 saturated carbocycles. The van der Waals surface area contributed by atoms with Crippen LogP contribution in [0.3, 0.4) is 0 Å². The molecule has 1 saturated heterocycles. The van der Waals surface area contributed by atoms with Crippen molar-refractivity contribution in [1.82, 2.24) is 5.32 Å². The van der Waals surface area contributed by atoms with Gasteiger partial charge in [-0.05, 0) is 6.92 Å². The Morgan fingerprint density at radius 2 is 1.67 bits per heavy atom. The molecule has 0 aliphatic carbocycles. The van der Waals surface area contributed by atoms with Gasteiger partial charge in [0.05, 0.1) is 25.5 Å². The van der Waals surface area contributed by atoms with Gasteiger partial charge in [-0.2, -0.15) is 0 Å². The van der Waals surface area contributed by atoms with Gasteiger partial charge < -0.3 is 75.4 Å². The van der Waals surface area contributed by atoms with E-state index >= 15 is 0 Å². The SMILES string of the molecule is CCNc1cc(O[C@@H]2O[C@H](COC(=O)c3cc(OC)c(O)c(OC)c3O)[C@@H](O)[C@H](O)[C@H]2O)c(OCNC(N)=NC)cc1C(=O)O. The number of methoxy groups -OCH3 is 2. The zero-order valence-corrected chi connectivity index (χ0v) is 24.7. The second-order valence-corrected chi connectivity index (χ2v) is 9.34. The van der Waals surface area contributed by atoms with Crippen molar-refractivity contribution in [3.8, 4) is 34.5 Å². The number of aliphatic hydroxyl groups excluding tert-OH is 3. The van der Waals surface area contributed by atoms with Crippen LogP contribution < -0.4 is 35.3 Å². The number of rotatable bonds is 13. The predicted molar refractivity (Wildman–Crippen MR) is 154 cm³/mol. The number of nitrogens with zero attached hydrogens (tertiary/aromatic N) is 1. The van der Waals surface area contributed by atoms with Crippen LogP contribution in [-0.2, 0) is 9.47 Å². The summed E-state index contributed by atoms with van der Waals surface area (Å²) in [6.45, 7) is 1.08. The number of carboxylic acids is 1. The number of carboxylic acid groups (broad SMARTS) is 1. The summed E-state index contributed by atoms with van der Waals surface area (Å²) in [4.78, 5) is 28.4. The fraction of sp³-hybridized carbons (Fsp3) is 0.444. The first-order valence-electron chi connectivity index (χ1n) is 13.3. The van der Waals surface area contributed by atoms with Crippen molar-refractivity contribution >= 4 is 23.6 Å². The molecule has 2 aromatic carbocycles. The van der Waals surface area contributed by atoms with Crippen LogP contribution in [0.2, 0.25) is 0 Å². The molecule has 5 atom stereocenters. The Hall–Kier alpha value is -4.91. The van der Waals surface area contributed by atoms with Gasteiger partial charge in [0.25, 0.3) is 0 Å². The van der Waals surface area contributed by atoms with Crippen molar-refractivity contribution in [1.29, 1.82) is 0 Å². The van der Waals surface area contributed by atoms with Gasteiger partial charge in [0, 0.05) is 31.8 Å². The fourth-order valence-corrected chi connectivity index (χ4v) is 4.18. The third-order valence-corrected chi connectivity index (χ3v) is 6.53. The molecule has 0 unspecified atom stereocenters. The number of phenolic OH excluding ortho intramolecular Hbond substituents is 2. The molecule has 248 valence electrons. The smallest absolute Gasteiger partial charge is 0.342 e. The van der Waals surface area contributed by atoms with E-state index in [2.05, 4.69) is 15.6 Å². The number of carbonyl (C=O) groups is 2. The van der Waals surface area contributed by atoms with E-state index in [0.717, 1.165) is 19.2 Å². The molecule has 10 N–H and O–H groups in total. The third-order valence-electron chi connectivity index (χ3n) is 6.53. The highest BCUT2D eigenvalue weighted by Crippen LogP contribution is 2.45. The van der Waals surface area contributed by atoms with Crippen LogP contribution in [0, 0.1) is 0 Å². The van der Waals surface area contributed by atoms with Crippen molar-refractivity contribution in [2.24, 2.45) is 10.7 Å². The Morgan fingerprint density at radius 1 is 0.978 bits per heavy atom. The lowest BCUT2D eigenvalue weighted by molar-refractivity contribution is -0.277. The van der Waals surface area contributed by atoms with Crippen LogP contribution in [0.5, 0.6) is 34.5 Å². The van der Waals surface area contributed by atoms with Gasteiger partial charge in [-0.25, -0.2) is 9.59 Å². The van der Waals surface area contributed by atoms with E-state index in [1.165, 1.54) is 20.2 Å². The standard InChI is InChI=1S/C27H36N4O14/c1-5-30-13-8-15(14(6-11(13)24(37)38)43-10-31-27(28)29-2)44-26-22(36)21(35)19(33)17(45-26)9-42-25(39)12-7-16(40-3)20(34)23(41-4)18(12)32/h6-8,17,19,21-22,26,30,32-36H,5,9-10H2,1-4H3,(H,37,38)(H3,28,29,31)/t17-,19-,21+,22-,26-/m1/s1. The molecule has 0 spiro atoms. The largest absolute Gasteiger partial charge is 0.504 e. The summed E-state index contributed by atoms with van der Waals surface area (Å²) in [6.07, 6.45) is -8.63. The second-order valence-electron chi connectivity index (χ2n) is 9.34. The number of aromatic carboxylic acids is 1. The number of nitrogens with two attached hydrogens (primary N) is 1. The van der Waals surface area contributed by atoms with Gasteiger partial charge in [0.1, 0.15) is 36.6 Å². The molecule has 0 amide bonds. The number of aromatic hydroxyl groups is 2. The monoisotopic (exact) mass is 640 g/mol. The summed E-state index contributed by atoms with van der Waals surface area (Å²) < 4.78 is 32.1. The second kappa shape index (κ2) is 15.2. The van der Waals surface area contributed by atoms with Gasteiger partial charge in [0.2, 0.25) is 17.8 Å². The van der Waals surface area contributed by atoms with Crippen LogP contribution in [0.4, 0.5) is 5.69 Å². The zero-order valence-electron chi connectivity index (χ0n) is 24.7. The maximum absolute atomic E-state index is 12.8. The average molecular weight is 641 g/mol. The minimum absolute atomic E-state index is 0.0261. The summed E-state index contributed by atoms with van der Waals surface area (Å²) in [7, 11) is 3.78. The predicted octanol–water partition coefficient (Wildman–Crippen LogP) is -0.841. The normalized spacial score (nSPS) is 21.4. The lowest BCUT2D eigenvalue weighted by atomic mass is 9.99. The molecule has 18 nitrogen and oxygen atoms in total. The number of phenols is 2. The number of aliphatic imine (C=N–C) groups is 1. The molecule has 0 aromatic heterocycles. The van der Waals surface area contributed by atoms with E-state index in [9.17, 15) is 40.2 Å². The minimum atomic E-state index is -1.85. The molecular weight excluding hydrogens is 604 g/mol. The lowest BCUT2D eigenvalue weighted by Crippen LogP contribution is -2.60. The zero-order chi connectivity index (χ0) is 33.4. The molecular formula is C27H36N4O14. The molecule has 1 aliphatic rings. The van der Waals surface area contributed by atoms with Crippen molar-refractivity contribution in [3.63, 3.8) is 0 Å². The van der Waals surface area contributed by atoms with Crippen LogP contribution in [0.15, 0.2) is 23.2 Å². The number of hydrogen-bond donors (Lipinski definition) is 9. The summed E-state index contributed by atoms with van der Waals surface area (Å²) in [5.41, 5.74) is 5.10. The highest BCUT2D eigenvalue weighted by atomic mass is 16.7. The number of nitrogens with one attached hydrogen (secondary N) is 2. The maximum Gasteiger partial charge on any atom is 0.342 e. The number of benzene rings is 2. The molecule has 45 heavy (non-hydrogen) atoms. The number of aliphatic hydroxyl groups is 3. The summed E-state index contributed by atoms with van der Waals surface area (Å²) in [5, 5.41) is 67.5. The van der Waals surface area contributed by atoms with Crippen molar-refractivity contribution in [2.75, 3.05) is 46.5 Å². The average Bonchev–Trinajstić information content (AvgIpc) is 3.01. The van der Waals surface area contributed by atoms with E-state index in [-0.39, 0.29) is 41.2 Å². The van der Waals surface area contributed by atoms with Gasteiger partial charge in [0.15, 0.2) is 35.7 Å². The van der Waals surface area contributed by atoms with Crippen LogP contribution in [0.25, 0.3) is 0 Å². The number of ether oxygens (including phenoxy) is 6. The van der Waals surface area contributed by atoms with E-state index in [1.54, 1.807) is 6.92 Å². The van der Waals surface area contributed by atoms with E-state index in [4.69, 9.17) is 34.2 Å². The molecule has 18 heteroatoms. The van der Waals surface area contributed by atoms with Crippen LogP contribution >= 0.6 is 0 Å². The fourth-order valence-electron chi connectivity index (χ4n) is 4.18.